The average molecular weight is 279 g/mol. The molecule has 5 nitrogen and oxygen atoms in total. The van der Waals surface area contributed by atoms with E-state index in [1.165, 1.54) is 4.80 Å². The second kappa shape index (κ2) is 5.58. The summed E-state index contributed by atoms with van der Waals surface area (Å²) in [4.78, 5) is 14.1. The molecule has 1 heterocycles. The molecule has 0 spiro atoms. The molecule has 0 saturated carbocycles. The summed E-state index contributed by atoms with van der Waals surface area (Å²) in [5, 5.41) is 8.19. The van der Waals surface area contributed by atoms with Crippen LogP contribution in [0.4, 0.5) is 0 Å². The van der Waals surface area contributed by atoms with Crippen molar-refractivity contribution in [2.24, 2.45) is 0 Å². The standard InChI is InChI=1S/C16H13N3O2/c1-21-13-7-8-14(15(11-13)19-17-9-10-18-19)16(20)12-5-3-2-4-6-12/h2-11H,1H3. The maximum atomic E-state index is 12.7. The van der Waals surface area contributed by atoms with Gasteiger partial charge >= 0.3 is 0 Å². The van der Waals surface area contributed by atoms with Crippen molar-refractivity contribution in [1.29, 1.82) is 0 Å². The molecule has 1 aromatic heterocycles. The molecule has 0 bridgehead atoms. The first kappa shape index (κ1) is 13.1. The van der Waals surface area contributed by atoms with Gasteiger partial charge in [0.25, 0.3) is 0 Å². The molecule has 0 amide bonds. The maximum absolute atomic E-state index is 12.7. The molecule has 3 rings (SSSR count). The van der Waals surface area contributed by atoms with Crippen molar-refractivity contribution in [3.8, 4) is 11.4 Å². The van der Waals surface area contributed by atoms with Gasteiger partial charge in [0.15, 0.2) is 5.78 Å². The first-order valence-electron chi connectivity index (χ1n) is 6.44. The van der Waals surface area contributed by atoms with E-state index in [0.717, 1.165) is 0 Å². The number of benzene rings is 2. The van der Waals surface area contributed by atoms with Gasteiger partial charge < -0.3 is 4.74 Å². The second-order valence-corrected chi connectivity index (χ2v) is 4.40. The highest BCUT2D eigenvalue weighted by molar-refractivity contribution is 6.11. The van der Waals surface area contributed by atoms with E-state index in [4.69, 9.17) is 4.74 Å². The largest absolute Gasteiger partial charge is 0.497 e. The summed E-state index contributed by atoms with van der Waals surface area (Å²) >= 11 is 0. The van der Waals surface area contributed by atoms with Gasteiger partial charge in [-0.3, -0.25) is 4.79 Å². The Bertz CT molecular complexity index is 752. The van der Waals surface area contributed by atoms with E-state index in [9.17, 15) is 4.79 Å². The van der Waals surface area contributed by atoms with Crippen molar-refractivity contribution in [1.82, 2.24) is 15.0 Å². The minimum Gasteiger partial charge on any atom is -0.497 e. The molecule has 0 aliphatic carbocycles. The second-order valence-electron chi connectivity index (χ2n) is 4.40. The van der Waals surface area contributed by atoms with Crippen LogP contribution in [-0.2, 0) is 0 Å². The van der Waals surface area contributed by atoms with Gasteiger partial charge in [-0.25, -0.2) is 0 Å². The summed E-state index contributed by atoms with van der Waals surface area (Å²) in [7, 11) is 1.58. The Labute approximate surface area is 121 Å². The molecule has 0 N–H and O–H groups in total. The summed E-state index contributed by atoms with van der Waals surface area (Å²) < 4.78 is 5.21. The molecule has 0 atom stereocenters. The third kappa shape index (κ3) is 2.53. The minimum atomic E-state index is -0.0782. The van der Waals surface area contributed by atoms with Crippen molar-refractivity contribution in [2.75, 3.05) is 7.11 Å². The smallest absolute Gasteiger partial charge is 0.195 e. The van der Waals surface area contributed by atoms with Crippen LogP contribution in [0.3, 0.4) is 0 Å². The first-order valence-corrected chi connectivity index (χ1v) is 6.44. The van der Waals surface area contributed by atoms with E-state index in [2.05, 4.69) is 10.2 Å². The molecule has 0 fully saturated rings. The van der Waals surface area contributed by atoms with E-state index < -0.39 is 0 Å². The van der Waals surface area contributed by atoms with E-state index in [1.807, 2.05) is 18.2 Å². The highest BCUT2D eigenvalue weighted by atomic mass is 16.5. The Hall–Kier alpha value is -2.95. The number of carbonyl (C=O) groups excluding carboxylic acids is 1. The van der Waals surface area contributed by atoms with Crippen LogP contribution < -0.4 is 4.74 Å². The summed E-state index contributed by atoms with van der Waals surface area (Å²) in [5.74, 6) is 0.567. The fourth-order valence-corrected chi connectivity index (χ4v) is 2.08. The van der Waals surface area contributed by atoms with Crippen LogP contribution in [0.15, 0.2) is 60.9 Å². The van der Waals surface area contributed by atoms with Gasteiger partial charge in [0, 0.05) is 11.6 Å². The van der Waals surface area contributed by atoms with Crippen LogP contribution in [0.5, 0.6) is 5.75 Å². The average Bonchev–Trinajstić information content (AvgIpc) is 3.09. The predicted octanol–water partition coefficient (Wildman–Crippen LogP) is 2.51. The molecule has 2 aromatic carbocycles. The summed E-state index contributed by atoms with van der Waals surface area (Å²) in [6, 6.07) is 14.3. The molecule has 0 radical (unpaired) electrons. The maximum Gasteiger partial charge on any atom is 0.195 e. The Morgan fingerprint density at radius 2 is 1.76 bits per heavy atom. The molecule has 0 saturated heterocycles. The predicted molar refractivity (Wildman–Crippen MR) is 77.8 cm³/mol. The lowest BCUT2D eigenvalue weighted by Crippen LogP contribution is -2.09. The number of methoxy groups -OCH3 is 1. The Morgan fingerprint density at radius 1 is 1.05 bits per heavy atom. The Kier molecular flexibility index (Phi) is 3.47. The van der Waals surface area contributed by atoms with E-state index >= 15 is 0 Å². The molecular weight excluding hydrogens is 266 g/mol. The molecule has 104 valence electrons. The van der Waals surface area contributed by atoms with Crippen molar-refractivity contribution < 1.29 is 9.53 Å². The highest BCUT2D eigenvalue weighted by Gasteiger charge is 2.16. The van der Waals surface area contributed by atoms with E-state index in [0.29, 0.717) is 22.6 Å². The minimum absolute atomic E-state index is 0.0782. The number of rotatable bonds is 4. The SMILES string of the molecule is COc1ccc(C(=O)c2ccccc2)c(-n2nccn2)c1. The Balaban J connectivity index is 2.12. The molecule has 0 unspecified atom stereocenters. The molecule has 3 aromatic rings. The van der Waals surface area contributed by atoms with Crippen molar-refractivity contribution >= 4 is 5.78 Å². The number of carbonyl (C=O) groups is 1. The number of ketones is 1. The lowest BCUT2D eigenvalue weighted by atomic mass is 10.0. The van der Waals surface area contributed by atoms with Crippen molar-refractivity contribution in [2.45, 2.75) is 0 Å². The van der Waals surface area contributed by atoms with Gasteiger partial charge in [-0.05, 0) is 12.1 Å². The molecular formula is C16H13N3O2. The quantitative estimate of drug-likeness (QED) is 0.688. The van der Waals surface area contributed by atoms with Crippen LogP contribution >= 0.6 is 0 Å². The van der Waals surface area contributed by atoms with Gasteiger partial charge in [0.2, 0.25) is 0 Å². The van der Waals surface area contributed by atoms with Gasteiger partial charge in [0.05, 0.1) is 25.1 Å². The molecule has 21 heavy (non-hydrogen) atoms. The number of aromatic nitrogens is 3. The number of hydrogen-bond acceptors (Lipinski definition) is 4. The Morgan fingerprint density at radius 3 is 2.43 bits per heavy atom. The third-order valence-corrected chi connectivity index (χ3v) is 3.12. The van der Waals surface area contributed by atoms with E-state index in [-0.39, 0.29) is 5.78 Å². The van der Waals surface area contributed by atoms with Gasteiger partial charge in [0.1, 0.15) is 11.4 Å². The first-order chi connectivity index (χ1) is 10.3. The topological polar surface area (TPSA) is 57.0 Å². The van der Waals surface area contributed by atoms with Crippen LogP contribution in [0, 0.1) is 0 Å². The van der Waals surface area contributed by atoms with Crippen molar-refractivity contribution in [3.05, 3.63) is 72.1 Å². The van der Waals surface area contributed by atoms with Crippen LogP contribution in [0.1, 0.15) is 15.9 Å². The lowest BCUT2D eigenvalue weighted by Gasteiger charge is -2.10. The number of ether oxygens (including phenoxy) is 1. The van der Waals surface area contributed by atoms with Crippen molar-refractivity contribution in [3.63, 3.8) is 0 Å². The summed E-state index contributed by atoms with van der Waals surface area (Å²) in [5.41, 5.74) is 1.74. The third-order valence-electron chi connectivity index (χ3n) is 3.12. The van der Waals surface area contributed by atoms with E-state index in [1.54, 1.807) is 49.8 Å². The van der Waals surface area contributed by atoms with Crippen LogP contribution in [0.25, 0.3) is 5.69 Å². The zero-order valence-electron chi connectivity index (χ0n) is 11.4. The fraction of sp³-hybridized carbons (Fsp3) is 0.0625. The number of nitrogens with zero attached hydrogens (tertiary/aromatic N) is 3. The van der Waals surface area contributed by atoms with Gasteiger partial charge in [-0.15, -0.1) is 0 Å². The summed E-state index contributed by atoms with van der Waals surface area (Å²) in [6.07, 6.45) is 3.13. The monoisotopic (exact) mass is 279 g/mol. The van der Waals surface area contributed by atoms with Gasteiger partial charge in [-0.2, -0.15) is 15.0 Å². The van der Waals surface area contributed by atoms with Crippen LogP contribution in [-0.4, -0.2) is 27.9 Å². The zero-order valence-corrected chi connectivity index (χ0v) is 11.4. The normalized spacial score (nSPS) is 10.3. The van der Waals surface area contributed by atoms with Gasteiger partial charge in [-0.1, -0.05) is 30.3 Å². The lowest BCUT2D eigenvalue weighted by molar-refractivity contribution is 0.103. The fourth-order valence-electron chi connectivity index (χ4n) is 2.08. The van der Waals surface area contributed by atoms with Crippen LogP contribution in [0.2, 0.25) is 0 Å². The molecule has 0 aliphatic heterocycles. The zero-order chi connectivity index (χ0) is 14.7. The molecule has 0 aliphatic rings. The number of hydrogen-bond donors (Lipinski definition) is 0. The summed E-state index contributed by atoms with van der Waals surface area (Å²) in [6.45, 7) is 0. The molecule has 5 heteroatoms. The highest BCUT2D eigenvalue weighted by Crippen LogP contribution is 2.22.